The Kier molecular flexibility index (Phi) is 4.45. The molecule has 3 rings (SSSR count). The molecule has 1 amide bonds. The summed E-state index contributed by atoms with van der Waals surface area (Å²) in [5.41, 5.74) is 4.11. The van der Waals surface area contributed by atoms with Gasteiger partial charge in [-0.1, -0.05) is 12.1 Å². The quantitative estimate of drug-likeness (QED) is 0.591. The summed E-state index contributed by atoms with van der Waals surface area (Å²) in [5, 5.41) is 13.0. The SMILES string of the molecule is N#Cc1ccccc1-c1ccc(C=NNC(=O)c2ccncc2)o1. The lowest BCUT2D eigenvalue weighted by Crippen LogP contribution is -2.17. The fourth-order valence-electron chi connectivity index (χ4n) is 2.08. The zero-order valence-corrected chi connectivity index (χ0v) is 12.5. The van der Waals surface area contributed by atoms with E-state index in [9.17, 15) is 4.79 Å². The summed E-state index contributed by atoms with van der Waals surface area (Å²) in [4.78, 5) is 15.7. The Morgan fingerprint density at radius 2 is 1.96 bits per heavy atom. The molecule has 2 aromatic heterocycles. The number of nitriles is 1. The first-order chi connectivity index (χ1) is 11.8. The number of nitrogens with one attached hydrogen (secondary N) is 1. The van der Waals surface area contributed by atoms with E-state index in [4.69, 9.17) is 9.68 Å². The number of carbonyl (C=O) groups excluding carboxylic acids is 1. The van der Waals surface area contributed by atoms with Gasteiger partial charge in [-0.05, 0) is 36.4 Å². The Morgan fingerprint density at radius 3 is 2.75 bits per heavy atom. The minimum Gasteiger partial charge on any atom is -0.455 e. The van der Waals surface area contributed by atoms with E-state index in [2.05, 4.69) is 21.6 Å². The maximum absolute atomic E-state index is 11.8. The van der Waals surface area contributed by atoms with Crippen molar-refractivity contribution in [3.63, 3.8) is 0 Å². The average molecular weight is 316 g/mol. The van der Waals surface area contributed by atoms with Gasteiger partial charge in [0.15, 0.2) is 0 Å². The molecule has 116 valence electrons. The smallest absolute Gasteiger partial charge is 0.271 e. The highest BCUT2D eigenvalue weighted by atomic mass is 16.3. The monoisotopic (exact) mass is 316 g/mol. The van der Waals surface area contributed by atoms with Crippen molar-refractivity contribution in [2.75, 3.05) is 0 Å². The van der Waals surface area contributed by atoms with Crippen molar-refractivity contribution < 1.29 is 9.21 Å². The summed E-state index contributed by atoms with van der Waals surface area (Å²) in [6.45, 7) is 0. The standard InChI is InChI=1S/C18H12N4O2/c19-11-14-3-1-2-4-16(14)17-6-5-15(24-17)12-21-22-18(23)13-7-9-20-10-8-13/h1-10,12H,(H,22,23). The molecule has 0 saturated heterocycles. The number of benzene rings is 1. The van der Waals surface area contributed by atoms with Crippen molar-refractivity contribution in [3.05, 3.63) is 77.8 Å². The molecule has 0 unspecified atom stereocenters. The molecule has 0 saturated carbocycles. The zero-order valence-electron chi connectivity index (χ0n) is 12.5. The van der Waals surface area contributed by atoms with Crippen LogP contribution in [0.25, 0.3) is 11.3 Å². The predicted molar refractivity (Wildman–Crippen MR) is 88.2 cm³/mol. The fraction of sp³-hybridized carbons (Fsp3) is 0. The van der Waals surface area contributed by atoms with Gasteiger partial charge in [-0.2, -0.15) is 10.4 Å². The van der Waals surface area contributed by atoms with Crippen LogP contribution in [0.3, 0.4) is 0 Å². The van der Waals surface area contributed by atoms with Crippen LogP contribution in [0.1, 0.15) is 21.7 Å². The Hall–Kier alpha value is -3.72. The molecular formula is C18H12N4O2. The largest absolute Gasteiger partial charge is 0.455 e. The van der Waals surface area contributed by atoms with Crippen molar-refractivity contribution >= 4 is 12.1 Å². The second kappa shape index (κ2) is 7.03. The Labute approximate surface area is 138 Å². The summed E-state index contributed by atoms with van der Waals surface area (Å²) in [5.74, 6) is 0.692. The minimum absolute atomic E-state index is 0.338. The van der Waals surface area contributed by atoms with Gasteiger partial charge in [0.1, 0.15) is 11.5 Å². The van der Waals surface area contributed by atoms with Crippen molar-refractivity contribution in [2.24, 2.45) is 5.10 Å². The molecule has 1 N–H and O–H groups in total. The molecule has 0 bridgehead atoms. The van der Waals surface area contributed by atoms with Crippen LogP contribution in [0.5, 0.6) is 0 Å². The number of aromatic nitrogens is 1. The van der Waals surface area contributed by atoms with Crippen LogP contribution in [0, 0.1) is 11.3 Å². The number of hydrogen-bond acceptors (Lipinski definition) is 5. The molecule has 0 radical (unpaired) electrons. The first kappa shape index (κ1) is 15.2. The van der Waals surface area contributed by atoms with Gasteiger partial charge in [-0.3, -0.25) is 9.78 Å². The number of carbonyl (C=O) groups is 1. The van der Waals surface area contributed by atoms with Gasteiger partial charge in [-0.25, -0.2) is 5.43 Å². The van der Waals surface area contributed by atoms with Gasteiger partial charge in [0.05, 0.1) is 17.8 Å². The zero-order chi connectivity index (χ0) is 16.8. The van der Waals surface area contributed by atoms with Gasteiger partial charge < -0.3 is 4.42 Å². The van der Waals surface area contributed by atoms with Crippen LogP contribution in [-0.4, -0.2) is 17.1 Å². The molecule has 0 aliphatic carbocycles. The Morgan fingerprint density at radius 1 is 1.17 bits per heavy atom. The molecular weight excluding hydrogens is 304 g/mol. The van der Waals surface area contributed by atoms with Gasteiger partial charge in [-0.15, -0.1) is 0 Å². The van der Waals surface area contributed by atoms with Crippen LogP contribution in [0.15, 0.2) is 70.4 Å². The lowest BCUT2D eigenvalue weighted by molar-refractivity contribution is 0.0955. The molecule has 0 aliphatic rings. The maximum atomic E-state index is 11.8. The van der Waals surface area contributed by atoms with Gasteiger partial charge in [0.2, 0.25) is 0 Å². The lowest BCUT2D eigenvalue weighted by atomic mass is 10.1. The van der Waals surface area contributed by atoms with E-state index in [1.807, 2.05) is 12.1 Å². The summed E-state index contributed by atoms with van der Waals surface area (Å²) >= 11 is 0. The van der Waals surface area contributed by atoms with Crippen LogP contribution >= 0.6 is 0 Å². The molecule has 6 nitrogen and oxygen atoms in total. The average Bonchev–Trinajstić information content (AvgIpc) is 3.11. The molecule has 0 spiro atoms. The molecule has 0 aliphatic heterocycles. The molecule has 3 aromatic rings. The number of pyridine rings is 1. The van der Waals surface area contributed by atoms with E-state index in [0.29, 0.717) is 28.2 Å². The number of hydrazone groups is 1. The van der Waals surface area contributed by atoms with Crippen LogP contribution < -0.4 is 5.43 Å². The lowest BCUT2D eigenvalue weighted by Gasteiger charge is -1.99. The molecule has 1 aromatic carbocycles. The van der Waals surface area contributed by atoms with Gasteiger partial charge in [0, 0.05) is 23.5 Å². The van der Waals surface area contributed by atoms with E-state index in [-0.39, 0.29) is 5.91 Å². The van der Waals surface area contributed by atoms with E-state index in [1.165, 1.54) is 18.6 Å². The summed E-state index contributed by atoms with van der Waals surface area (Å²) in [6, 6.07) is 15.9. The number of amides is 1. The van der Waals surface area contributed by atoms with Gasteiger partial charge in [0.25, 0.3) is 5.91 Å². The summed E-state index contributed by atoms with van der Waals surface area (Å²) < 4.78 is 5.64. The molecule has 24 heavy (non-hydrogen) atoms. The van der Waals surface area contributed by atoms with Gasteiger partial charge >= 0.3 is 0 Å². The highest BCUT2D eigenvalue weighted by molar-refractivity contribution is 5.94. The normalized spacial score (nSPS) is 10.5. The first-order valence-electron chi connectivity index (χ1n) is 7.10. The maximum Gasteiger partial charge on any atom is 0.271 e. The third kappa shape index (κ3) is 3.36. The minimum atomic E-state index is -0.338. The van der Waals surface area contributed by atoms with E-state index in [0.717, 1.165) is 0 Å². The van der Waals surface area contributed by atoms with Crippen LogP contribution in [-0.2, 0) is 0 Å². The van der Waals surface area contributed by atoms with E-state index < -0.39 is 0 Å². The fourth-order valence-corrected chi connectivity index (χ4v) is 2.08. The number of hydrogen-bond donors (Lipinski definition) is 1. The van der Waals surface area contributed by atoms with Crippen molar-refractivity contribution in [1.29, 1.82) is 5.26 Å². The van der Waals surface area contributed by atoms with Crippen LogP contribution in [0.2, 0.25) is 0 Å². The van der Waals surface area contributed by atoms with Crippen molar-refractivity contribution in [3.8, 4) is 17.4 Å². The van der Waals surface area contributed by atoms with Crippen molar-refractivity contribution in [2.45, 2.75) is 0 Å². The number of rotatable bonds is 4. The third-order valence-corrected chi connectivity index (χ3v) is 3.24. The molecule has 0 atom stereocenters. The second-order valence-corrected chi connectivity index (χ2v) is 4.79. The highest BCUT2D eigenvalue weighted by Gasteiger charge is 2.08. The first-order valence-corrected chi connectivity index (χ1v) is 7.10. The third-order valence-electron chi connectivity index (χ3n) is 3.24. The van der Waals surface area contributed by atoms with Crippen LogP contribution in [0.4, 0.5) is 0 Å². The summed E-state index contributed by atoms with van der Waals surface area (Å²) in [6.07, 6.45) is 4.46. The Bertz CT molecular complexity index is 923. The molecule has 0 fully saturated rings. The molecule has 6 heteroatoms. The number of furan rings is 1. The topological polar surface area (TPSA) is 91.3 Å². The predicted octanol–water partition coefficient (Wildman–Crippen LogP) is 2.98. The Balaban J connectivity index is 1.70. The summed E-state index contributed by atoms with van der Waals surface area (Å²) in [7, 11) is 0. The van der Waals surface area contributed by atoms with Crippen molar-refractivity contribution in [1.82, 2.24) is 10.4 Å². The number of nitrogens with zero attached hydrogens (tertiary/aromatic N) is 3. The molecule has 2 heterocycles. The van der Waals surface area contributed by atoms with E-state index >= 15 is 0 Å². The second-order valence-electron chi connectivity index (χ2n) is 4.79. The van der Waals surface area contributed by atoms with E-state index in [1.54, 1.807) is 36.4 Å². The highest BCUT2D eigenvalue weighted by Crippen LogP contribution is 2.24.